The number of carbonyl (C=O) groups excluding carboxylic acids is 1. The average Bonchev–Trinajstić information content (AvgIpc) is 2.29. The summed E-state index contributed by atoms with van der Waals surface area (Å²) in [5.41, 5.74) is 2.20. The fourth-order valence-electron chi connectivity index (χ4n) is 1.70. The van der Waals surface area contributed by atoms with Gasteiger partial charge in [-0.15, -0.1) is 0 Å². The second kappa shape index (κ2) is 6.31. The molecule has 0 radical (unpaired) electrons. The Morgan fingerprint density at radius 1 is 1.31 bits per heavy atom. The Bertz CT molecular complexity index is 346. The third-order valence-corrected chi connectivity index (χ3v) is 2.86. The van der Waals surface area contributed by atoms with Crippen LogP contribution in [0, 0.1) is 0 Å². The topological polar surface area (TPSA) is 29.1 Å². The highest BCUT2D eigenvalue weighted by atomic mass is 16.1. The predicted molar refractivity (Wildman–Crippen MR) is 68.7 cm³/mol. The first-order valence-electron chi connectivity index (χ1n) is 6.07. The lowest BCUT2D eigenvalue weighted by molar-refractivity contribution is -0.116. The minimum absolute atomic E-state index is 0.109. The van der Waals surface area contributed by atoms with Gasteiger partial charge in [0.2, 0.25) is 5.91 Å². The quantitative estimate of drug-likeness (QED) is 0.798. The van der Waals surface area contributed by atoms with Crippen LogP contribution in [0.1, 0.15) is 51.5 Å². The van der Waals surface area contributed by atoms with Crippen LogP contribution in [0.4, 0.5) is 5.69 Å². The van der Waals surface area contributed by atoms with Crippen molar-refractivity contribution in [2.45, 2.75) is 46.0 Å². The number of amides is 1. The monoisotopic (exact) mass is 219 g/mol. The Morgan fingerprint density at radius 3 is 2.62 bits per heavy atom. The van der Waals surface area contributed by atoms with Crippen molar-refractivity contribution < 1.29 is 4.79 Å². The fraction of sp³-hybridized carbons (Fsp3) is 0.500. The molecule has 0 aliphatic heterocycles. The van der Waals surface area contributed by atoms with E-state index in [-0.39, 0.29) is 5.91 Å². The number of carbonyl (C=O) groups is 1. The van der Waals surface area contributed by atoms with Crippen molar-refractivity contribution in [1.82, 2.24) is 0 Å². The fourth-order valence-corrected chi connectivity index (χ4v) is 1.70. The first-order chi connectivity index (χ1) is 7.69. The third kappa shape index (κ3) is 3.37. The normalized spacial score (nSPS) is 12.2. The summed E-state index contributed by atoms with van der Waals surface area (Å²) >= 11 is 0. The summed E-state index contributed by atoms with van der Waals surface area (Å²) in [6.07, 6.45) is 2.56. The summed E-state index contributed by atoms with van der Waals surface area (Å²) in [6.45, 7) is 6.36. The molecule has 2 nitrogen and oxygen atoms in total. The third-order valence-electron chi connectivity index (χ3n) is 2.86. The molecule has 1 rings (SSSR count). The van der Waals surface area contributed by atoms with Crippen LogP contribution in [0.25, 0.3) is 0 Å². The molecule has 0 spiro atoms. The summed E-state index contributed by atoms with van der Waals surface area (Å²) in [6, 6.07) is 8.06. The molecule has 1 aromatic rings. The number of benzene rings is 1. The van der Waals surface area contributed by atoms with E-state index in [4.69, 9.17) is 0 Å². The predicted octanol–water partition coefficient (Wildman–Crippen LogP) is 3.94. The number of rotatable bonds is 5. The molecular weight excluding hydrogens is 198 g/mol. The summed E-state index contributed by atoms with van der Waals surface area (Å²) in [4.78, 5) is 11.6. The van der Waals surface area contributed by atoms with Crippen LogP contribution in [0.2, 0.25) is 0 Å². The Kier molecular flexibility index (Phi) is 5.03. The maximum absolute atomic E-state index is 11.6. The minimum Gasteiger partial charge on any atom is -0.326 e. The SMILES string of the molecule is CCCC(=O)Nc1ccccc1[C@H](C)CC. The van der Waals surface area contributed by atoms with Crippen LogP contribution in [0.15, 0.2) is 24.3 Å². The second-order valence-electron chi connectivity index (χ2n) is 4.19. The molecule has 2 heteroatoms. The Hall–Kier alpha value is -1.31. The zero-order valence-electron chi connectivity index (χ0n) is 10.4. The zero-order chi connectivity index (χ0) is 12.0. The van der Waals surface area contributed by atoms with E-state index in [0.29, 0.717) is 12.3 Å². The molecule has 0 bridgehead atoms. The average molecular weight is 219 g/mol. The lowest BCUT2D eigenvalue weighted by Crippen LogP contribution is -2.12. The van der Waals surface area contributed by atoms with Crippen LogP contribution in [0.3, 0.4) is 0 Å². The lowest BCUT2D eigenvalue weighted by atomic mass is 9.97. The van der Waals surface area contributed by atoms with Gasteiger partial charge in [0.05, 0.1) is 0 Å². The highest BCUT2D eigenvalue weighted by Crippen LogP contribution is 2.26. The number of anilines is 1. The van der Waals surface area contributed by atoms with Crippen LogP contribution >= 0.6 is 0 Å². The van der Waals surface area contributed by atoms with Gasteiger partial charge in [0, 0.05) is 12.1 Å². The van der Waals surface area contributed by atoms with Crippen LogP contribution in [-0.4, -0.2) is 5.91 Å². The zero-order valence-corrected chi connectivity index (χ0v) is 10.4. The summed E-state index contributed by atoms with van der Waals surface area (Å²) in [5, 5.41) is 2.99. The van der Waals surface area contributed by atoms with Gasteiger partial charge >= 0.3 is 0 Å². The van der Waals surface area contributed by atoms with Gasteiger partial charge in [-0.25, -0.2) is 0 Å². The highest BCUT2D eigenvalue weighted by Gasteiger charge is 2.10. The second-order valence-corrected chi connectivity index (χ2v) is 4.19. The van der Waals surface area contributed by atoms with Gasteiger partial charge in [-0.05, 0) is 30.4 Å². The van der Waals surface area contributed by atoms with Crippen molar-refractivity contribution in [2.75, 3.05) is 5.32 Å². The molecule has 0 unspecified atom stereocenters. The summed E-state index contributed by atoms with van der Waals surface area (Å²) < 4.78 is 0. The van der Waals surface area contributed by atoms with Crippen LogP contribution in [-0.2, 0) is 4.79 Å². The van der Waals surface area contributed by atoms with Crippen molar-refractivity contribution >= 4 is 11.6 Å². The molecule has 1 atom stereocenters. The molecule has 0 aliphatic rings. The highest BCUT2D eigenvalue weighted by molar-refractivity contribution is 5.91. The van der Waals surface area contributed by atoms with Gasteiger partial charge in [0.15, 0.2) is 0 Å². The van der Waals surface area contributed by atoms with Gasteiger partial charge in [-0.1, -0.05) is 39.0 Å². The van der Waals surface area contributed by atoms with E-state index < -0.39 is 0 Å². The number of para-hydroxylation sites is 1. The first kappa shape index (κ1) is 12.8. The van der Waals surface area contributed by atoms with Gasteiger partial charge in [0.1, 0.15) is 0 Å². The number of nitrogens with one attached hydrogen (secondary N) is 1. The molecule has 1 aromatic carbocycles. The van der Waals surface area contributed by atoms with Crippen molar-refractivity contribution in [3.05, 3.63) is 29.8 Å². The molecule has 16 heavy (non-hydrogen) atoms. The van der Waals surface area contributed by atoms with Crippen LogP contribution in [0.5, 0.6) is 0 Å². The molecular formula is C14H21NO. The van der Waals surface area contributed by atoms with E-state index in [1.54, 1.807) is 0 Å². The van der Waals surface area contributed by atoms with Crippen LogP contribution < -0.4 is 5.32 Å². The van der Waals surface area contributed by atoms with Crippen molar-refractivity contribution in [2.24, 2.45) is 0 Å². The molecule has 0 aliphatic carbocycles. The standard InChI is InChI=1S/C14H21NO/c1-4-8-14(16)15-13-10-7-6-9-12(13)11(3)5-2/h6-7,9-11H,4-5,8H2,1-3H3,(H,15,16)/t11-/m1/s1. The number of hydrogen-bond donors (Lipinski definition) is 1. The smallest absolute Gasteiger partial charge is 0.224 e. The Labute approximate surface area is 98.1 Å². The van der Waals surface area contributed by atoms with E-state index in [9.17, 15) is 4.79 Å². The van der Waals surface area contributed by atoms with E-state index in [1.807, 2.05) is 25.1 Å². The Morgan fingerprint density at radius 2 is 2.00 bits per heavy atom. The van der Waals surface area contributed by atoms with Crippen molar-refractivity contribution in [1.29, 1.82) is 0 Å². The summed E-state index contributed by atoms with van der Waals surface area (Å²) in [7, 11) is 0. The van der Waals surface area contributed by atoms with E-state index in [2.05, 4.69) is 25.2 Å². The summed E-state index contributed by atoms with van der Waals surface area (Å²) in [5.74, 6) is 0.594. The Balaban J connectivity index is 2.82. The molecule has 88 valence electrons. The molecule has 0 fully saturated rings. The van der Waals surface area contributed by atoms with E-state index in [0.717, 1.165) is 18.5 Å². The number of hydrogen-bond acceptors (Lipinski definition) is 1. The maximum atomic E-state index is 11.6. The largest absolute Gasteiger partial charge is 0.326 e. The van der Waals surface area contributed by atoms with Gasteiger partial charge < -0.3 is 5.32 Å². The molecule has 0 heterocycles. The van der Waals surface area contributed by atoms with Gasteiger partial charge in [-0.2, -0.15) is 0 Å². The lowest BCUT2D eigenvalue weighted by Gasteiger charge is -2.15. The van der Waals surface area contributed by atoms with Crippen molar-refractivity contribution in [3.63, 3.8) is 0 Å². The minimum atomic E-state index is 0.109. The van der Waals surface area contributed by atoms with E-state index >= 15 is 0 Å². The van der Waals surface area contributed by atoms with E-state index in [1.165, 1.54) is 5.56 Å². The maximum Gasteiger partial charge on any atom is 0.224 e. The van der Waals surface area contributed by atoms with Crippen molar-refractivity contribution in [3.8, 4) is 0 Å². The van der Waals surface area contributed by atoms with Gasteiger partial charge in [-0.3, -0.25) is 4.79 Å². The molecule has 0 saturated carbocycles. The molecule has 0 aromatic heterocycles. The first-order valence-corrected chi connectivity index (χ1v) is 6.07. The molecule has 0 saturated heterocycles. The van der Waals surface area contributed by atoms with Gasteiger partial charge in [0.25, 0.3) is 0 Å². The molecule has 1 N–H and O–H groups in total. The molecule has 1 amide bonds.